The highest BCUT2D eigenvalue weighted by Gasteiger charge is 2.16. The van der Waals surface area contributed by atoms with Crippen molar-refractivity contribution >= 4 is 51.6 Å². The molecule has 2 amide bonds. The van der Waals surface area contributed by atoms with Crippen LogP contribution in [0.15, 0.2) is 42.6 Å². The van der Waals surface area contributed by atoms with E-state index in [1.54, 1.807) is 24.4 Å². The molecule has 9 nitrogen and oxygen atoms in total. The second-order valence-electron chi connectivity index (χ2n) is 7.68. The van der Waals surface area contributed by atoms with E-state index < -0.39 is 6.03 Å². The first-order chi connectivity index (χ1) is 16.0. The topological polar surface area (TPSA) is 111 Å². The number of halogens is 2. The number of imidazole rings is 1. The highest BCUT2D eigenvalue weighted by Crippen LogP contribution is 2.27. The van der Waals surface area contributed by atoms with Crippen LogP contribution in [0.2, 0.25) is 10.0 Å². The summed E-state index contributed by atoms with van der Waals surface area (Å²) in [4.78, 5) is 22.8. The first-order valence-electron chi connectivity index (χ1n) is 10.4. The van der Waals surface area contributed by atoms with Crippen molar-refractivity contribution in [2.45, 2.75) is 6.54 Å². The number of aromatic amines is 2. The van der Waals surface area contributed by atoms with Crippen molar-refractivity contribution in [2.75, 3.05) is 36.9 Å². The predicted molar refractivity (Wildman–Crippen MR) is 129 cm³/mol. The highest BCUT2D eigenvalue weighted by molar-refractivity contribution is 6.42. The number of rotatable bonds is 5. The van der Waals surface area contributed by atoms with Gasteiger partial charge in [0.15, 0.2) is 11.5 Å². The lowest BCUT2D eigenvalue weighted by atomic mass is 10.2. The molecule has 3 heterocycles. The fourth-order valence-electron chi connectivity index (χ4n) is 3.70. The first-order valence-corrected chi connectivity index (χ1v) is 11.2. The minimum atomic E-state index is -0.444. The van der Waals surface area contributed by atoms with E-state index in [1.165, 1.54) is 5.56 Å². The number of fused-ring (bicyclic) bond motifs is 1. The summed E-state index contributed by atoms with van der Waals surface area (Å²) in [5.74, 6) is 0.555. The molecule has 4 aromatic rings. The molecular weight excluding hydrogens is 465 g/mol. The largest absolute Gasteiger partial charge is 0.379 e. The van der Waals surface area contributed by atoms with Gasteiger partial charge in [0.25, 0.3) is 0 Å². The average molecular weight is 486 g/mol. The van der Waals surface area contributed by atoms with Gasteiger partial charge in [0.05, 0.1) is 40.0 Å². The zero-order chi connectivity index (χ0) is 22.8. The van der Waals surface area contributed by atoms with Crippen LogP contribution in [0.5, 0.6) is 0 Å². The number of H-pyrrole nitrogens is 2. The van der Waals surface area contributed by atoms with Crippen molar-refractivity contribution in [2.24, 2.45) is 0 Å². The third-order valence-corrected chi connectivity index (χ3v) is 6.09. The number of carbonyl (C=O) groups is 1. The molecule has 11 heteroatoms. The molecule has 0 spiro atoms. The standard InChI is InChI=1S/C22H21Cl2N7O2/c23-15-3-2-14(10-16(15)24)26-22(32)29-19-11-25-30-20(19)21-27-17-4-1-13(9-18(17)28-21)12-31-5-7-33-8-6-31/h1-4,9-11H,5-8,12H2,(H,25,30)(H,27,28)(H2,26,29,32). The Labute approximate surface area is 199 Å². The Hall–Kier alpha value is -3.11. The minimum absolute atomic E-state index is 0.355. The Kier molecular flexibility index (Phi) is 6.19. The van der Waals surface area contributed by atoms with E-state index in [1.807, 2.05) is 6.07 Å². The molecule has 1 aliphatic heterocycles. The summed E-state index contributed by atoms with van der Waals surface area (Å²) in [5.41, 5.74) is 4.42. The molecule has 1 saturated heterocycles. The van der Waals surface area contributed by atoms with Crippen LogP contribution in [0.25, 0.3) is 22.6 Å². The third kappa shape index (κ3) is 4.96. The lowest BCUT2D eigenvalue weighted by Crippen LogP contribution is -2.35. The number of nitrogens with one attached hydrogen (secondary N) is 4. The zero-order valence-corrected chi connectivity index (χ0v) is 19.0. The van der Waals surface area contributed by atoms with Crippen LogP contribution in [-0.4, -0.2) is 57.4 Å². The van der Waals surface area contributed by atoms with Gasteiger partial charge in [-0.3, -0.25) is 10.00 Å². The molecule has 5 rings (SSSR count). The quantitative estimate of drug-likeness (QED) is 0.326. The van der Waals surface area contributed by atoms with Gasteiger partial charge in [-0.1, -0.05) is 29.3 Å². The highest BCUT2D eigenvalue weighted by atomic mass is 35.5. The van der Waals surface area contributed by atoms with Gasteiger partial charge >= 0.3 is 6.03 Å². The molecule has 2 aromatic carbocycles. The predicted octanol–water partition coefficient (Wildman–Crippen LogP) is 4.74. The summed E-state index contributed by atoms with van der Waals surface area (Å²) in [7, 11) is 0. The minimum Gasteiger partial charge on any atom is -0.379 e. The molecule has 0 unspecified atom stereocenters. The first kappa shape index (κ1) is 21.7. The Bertz CT molecular complexity index is 1300. The van der Waals surface area contributed by atoms with E-state index in [0.717, 1.165) is 43.9 Å². The summed E-state index contributed by atoms with van der Waals surface area (Å²) in [6, 6.07) is 10.6. The van der Waals surface area contributed by atoms with Crippen LogP contribution in [0.4, 0.5) is 16.2 Å². The van der Waals surface area contributed by atoms with E-state index in [2.05, 4.69) is 42.8 Å². The Morgan fingerprint density at radius 2 is 1.94 bits per heavy atom. The molecule has 0 bridgehead atoms. The molecule has 0 aliphatic carbocycles. The van der Waals surface area contributed by atoms with Gasteiger partial charge in [-0.2, -0.15) is 5.10 Å². The molecule has 33 heavy (non-hydrogen) atoms. The number of nitrogens with zero attached hydrogens (tertiary/aromatic N) is 3. The number of amides is 2. The number of ether oxygens (including phenoxy) is 1. The van der Waals surface area contributed by atoms with Crippen LogP contribution >= 0.6 is 23.2 Å². The summed E-state index contributed by atoms with van der Waals surface area (Å²) in [6.07, 6.45) is 1.60. The summed E-state index contributed by atoms with van der Waals surface area (Å²) in [5, 5.41) is 13.3. The van der Waals surface area contributed by atoms with Gasteiger partial charge in [-0.15, -0.1) is 0 Å². The van der Waals surface area contributed by atoms with Gasteiger partial charge in [-0.25, -0.2) is 9.78 Å². The van der Waals surface area contributed by atoms with Crippen molar-refractivity contribution in [3.8, 4) is 11.5 Å². The number of benzene rings is 2. The van der Waals surface area contributed by atoms with Crippen LogP contribution in [0.3, 0.4) is 0 Å². The number of aromatic nitrogens is 4. The second kappa shape index (κ2) is 9.40. The average Bonchev–Trinajstić information content (AvgIpc) is 3.43. The lowest BCUT2D eigenvalue weighted by molar-refractivity contribution is 0.0342. The lowest BCUT2D eigenvalue weighted by Gasteiger charge is -2.26. The maximum absolute atomic E-state index is 12.5. The summed E-state index contributed by atoms with van der Waals surface area (Å²) < 4.78 is 5.42. The molecule has 0 atom stereocenters. The molecule has 170 valence electrons. The fourth-order valence-corrected chi connectivity index (χ4v) is 4.00. The Morgan fingerprint density at radius 3 is 2.76 bits per heavy atom. The molecule has 1 aliphatic rings. The van der Waals surface area contributed by atoms with Gasteiger partial charge in [0.2, 0.25) is 0 Å². The van der Waals surface area contributed by atoms with Gasteiger partial charge in [0.1, 0.15) is 0 Å². The van der Waals surface area contributed by atoms with Crippen LogP contribution in [-0.2, 0) is 11.3 Å². The number of carbonyl (C=O) groups excluding carboxylic acids is 1. The number of hydrogen-bond acceptors (Lipinski definition) is 5. The van der Waals surface area contributed by atoms with Crippen molar-refractivity contribution < 1.29 is 9.53 Å². The van der Waals surface area contributed by atoms with E-state index >= 15 is 0 Å². The van der Waals surface area contributed by atoms with Crippen molar-refractivity contribution in [1.29, 1.82) is 0 Å². The van der Waals surface area contributed by atoms with Crippen LogP contribution < -0.4 is 10.6 Å². The number of urea groups is 1. The van der Waals surface area contributed by atoms with E-state index in [0.29, 0.717) is 32.9 Å². The summed E-state index contributed by atoms with van der Waals surface area (Å²) in [6.45, 7) is 4.24. The monoisotopic (exact) mass is 485 g/mol. The van der Waals surface area contributed by atoms with E-state index in [-0.39, 0.29) is 0 Å². The molecular formula is C22H21Cl2N7O2. The Balaban J connectivity index is 1.31. The number of hydrogen-bond donors (Lipinski definition) is 4. The van der Waals surface area contributed by atoms with Crippen molar-refractivity contribution in [1.82, 2.24) is 25.1 Å². The fraction of sp³-hybridized carbons (Fsp3) is 0.227. The van der Waals surface area contributed by atoms with Crippen molar-refractivity contribution in [3.05, 3.63) is 58.2 Å². The molecule has 0 saturated carbocycles. The maximum atomic E-state index is 12.5. The normalized spacial score (nSPS) is 14.5. The van der Waals surface area contributed by atoms with E-state index in [9.17, 15) is 4.79 Å². The van der Waals surface area contributed by atoms with Crippen molar-refractivity contribution in [3.63, 3.8) is 0 Å². The number of morpholine rings is 1. The van der Waals surface area contributed by atoms with Crippen LogP contribution in [0.1, 0.15) is 5.56 Å². The smallest absolute Gasteiger partial charge is 0.323 e. The van der Waals surface area contributed by atoms with E-state index in [4.69, 9.17) is 32.9 Å². The van der Waals surface area contributed by atoms with Gasteiger partial charge < -0.3 is 20.4 Å². The molecule has 4 N–H and O–H groups in total. The number of anilines is 2. The van der Waals surface area contributed by atoms with Gasteiger partial charge in [-0.05, 0) is 35.9 Å². The Morgan fingerprint density at radius 1 is 1.09 bits per heavy atom. The second-order valence-corrected chi connectivity index (χ2v) is 8.50. The maximum Gasteiger partial charge on any atom is 0.323 e. The van der Waals surface area contributed by atoms with Gasteiger partial charge in [0, 0.05) is 31.5 Å². The molecule has 1 fully saturated rings. The molecule has 2 aromatic heterocycles. The zero-order valence-electron chi connectivity index (χ0n) is 17.5. The third-order valence-electron chi connectivity index (χ3n) is 5.35. The molecule has 0 radical (unpaired) electrons. The SMILES string of the molecule is O=C(Nc1ccc(Cl)c(Cl)c1)Nc1c[nH]nc1-c1nc2cc(CN3CCOCC3)ccc2[nH]1. The summed E-state index contributed by atoms with van der Waals surface area (Å²) >= 11 is 11.9. The van der Waals surface area contributed by atoms with Crippen LogP contribution in [0, 0.1) is 0 Å².